The highest BCUT2D eigenvalue weighted by Gasteiger charge is 2.53. The fourth-order valence-corrected chi connectivity index (χ4v) is 23.1. The lowest BCUT2D eigenvalue weighted by Crippen LogP contribution is -2.32. The highest BCUT2D eigenvalue weighted by atomic mass is 32.2. The second kappa shape index (κ2) is 30.5. The first-order valence-electron chi connectivity index (χ1n) is 43.4. The Hall–Kier alpha value is -15.9. The van der Waals surface area contributed by atoms with E-state index in [0.29, 0.717) is 23.3 Å². The summed E-state index contributed by atoms with van der Waals surface area (Å²) in [6, 6.07) is 159. The van der Waals surface area contributed by atoms with Gasteiger partial charge in [-0.15, -0.1) is 0 Å². The first kappa shape index (κ1) is 74.7. The van der Waals surface area contributed by atoms with E-state index in [9.17, 15) is 0 Å². The van der Waals surface area contributed by atoms with Gasteiger partial charge in [-0.1, -0.05) is 424 Å². The Morgan fingerprint density at radius 3 is 0.812 bits per heavy atom. The number of hydrogen-bond donors (Lipinski definition) is 0. The molecule has 128 heavy (non-hydrogen) atoms. The molecule has 0 saturated heterocycles. The van der Waals surface area contributed by atoms with E-state index in [1.54, 1.807) is 0 Å². The second-order valence-electron chi connectivity index (χ2n) is 33.1. The summed E-state index contributed by atoms with van der Waals surface area (Å²) < 4.78 is 0. The van der Waals surface area contributed by atoms with Gasteiger partial charge in [-0.05, 0) is 142 Å². The van der Waals surface area contributed by atoms with E-state index in [4.69, 9.17) is 34.9 Å². The van der Waals surface area contributed by atoms with Crippen LogP contribution < -0.4 is 0 Å². The van der Waals surface area contributed by atoms with Crippen LogP contribution in [0, 0.1) is 0 Å². The molecule has 0 radical (unpaired) electrons. The number of nitrogens with zero attached hydrogens (tertiary/aromatic N) is 7. The maximum absolute atomic E-state index is 5.35. The Labute approximate surface area is 749 Å². The molecule has 0 amide bonds. The minimum Gasteiger partial charge on any atom is -0.247 e. The number of hydrogen-bond acceptors (Lipinski definition) is 9. The van der Waals surface area contributed by atoms with Crippen LogP contribution in [0.1, 0.15) is 44.5 Å². The highest BCUT2D eigenvalue weighted by molar-refractivity contribution is 8.00. The molecule has 0 bridgehead atoms. The van der Waals surface area contributed by atoms with E-state index in [-0.39, 0.29) is 0 Å². The van der Waals surface area contributed by atoms with Crippen molar-refractivity contribution in [3.63, 3.8) is 0 Å². The Morgan fingerprint density at radius 2 is 0.438 bits per heavy atom. The van der Waals surface area contributed by atoms with Gasteiger partial charge in [0.05, 0.1) is 44.6 Å². The van der Waals surface area contributed by atoms with Crippen molar-refractivity contribution in [2.24, 2.45) is 0 Å². The summed E-state index contributed by atoms with van der Waals surface area (Å²) in [5, 5.41) is 7.06. The molecule has 2 spiro atoms. The number of aromatic nitrogens is 7. The summed E-state index contributed by atoms with van der Waals surface area (Å²) in [6.45, 7) is 0. The fraction of sp³-hybridized carbons (Fsp3) is 0.0168. The molecule has 4 aliphatic rings. The second-order valence-corrected chi connectivity index (χ2v) is 35.2. The van der Waals surface area contributed by atoms with E-state index in [2.05, 4.69) is 358 Å². The zero-order chi connectivity index (χ0) is 84.4. The third-order valence-corrected chi connectivity index (χ3v) is 28.5. The van der Waals surface area contributed by atoms with Crippen molar-refractivity contribution in [3.8, 4) is 135 Å². The van der Waals surface area contributed by atoms with E-state index in [1.807, 2.05) is 108 Å². The molecule has 0 unspecified atom stereocenters. The van der Waals surface area contributed by atoms with E-state index < -0.39 is 10.8 Å². The van der Waals surface area contributed by atoms with Gasteiger partial charge in [0, 0.05) is 85.6 Å². The lowest BCUT2D eigenvalue weighted by Gasteiger charge is -2.40. The van der Waals surface area contributed by atoms with Crippen molar-refractivity contribution in [3.05, 3.63) is 487 Å². The van der Waals surface area contributed by atoms with Crippen LogP contribution in [0.2, 0.25) is 0 Å². The molecule has 0 saturated carbocycles. The molecule has 2 aliphatic carbocycles. The van der Waals surface area contributed by atoms with Crippen molar-refractivity contribution < 1.29 is 0 Å². The van der Waals surface area contributed by atoms with Gasteiger partial charge in [-0.3, -0.25) is 0 Å². The molecular formula is C119H73N7S2. The van der Waals surface area contributed by atoms with Gasteiger partial charge in [-0.25, -0.2) is 34.9 Å². The average Bonchev–Trinajstić information content (AvgIpc) is 1.52. The molecule has 0 N–H and O–H groups in total. The summed E-state index contributed by atoms with van der Waals surface area (Å²) in [6.07, 6.45) is 0. The van der Waals surface area contributed by atoms with E-state index in [1.165, 1.54) is 108 Å². The molecule has 2 aliphatic heterocycles. The van der Waals surface area contributed by atoms with Crippen molar-refractivity contribution in [1.82, 2.24) is 34.9 Å². The Morgan fingerprint density at radius 1 is 0.164 bits per heavy atom. The third kappa shape index (κ3) is 12.0. The summed E-state index contributed by atoms with van der Waals surface area (Å²) in [4.78, 5) is 40.9. The number of para-hydroxylation sites is 2. The fourth-order valence-electron chi connectivity index (χ4n) is 20.4. The molecule has 596 valence electrons. The molecule has 6 heterocycles. The van der Waals surface area contributed by atoms with Crippen LogP contribution in [0.4, 0.5) is 0 Å². The maximum atomic E-state index is 5.35. The van der Waals surface area contributed by atoms with Crippen LogP contribution in [-0.4, -0.2) is 34.9 Å². The largest absolute Gasteiger partial charge is 0.247 e. The van der Waals surface area contributed by atoms with Crippen LogP contribution in [0.15, 0.2) is 462 Å². The van der Waals surface area contributed by atoms with Gasteiger partial charge in [0.2, 0.25) is 0 Å². The van der Waals surface area contributed by atoms with Crippen LogP contribution in [0.3, 0.4) is 0 Å². The van der Waals surface area contributed by atoms with Gasteiger partial charge in [0.1, 0.15) is 0 Å². The van der Waals surface area contributed by atoms with Gasteiger partial charge in [0.15, 0.2) is 23.3 Å². The molecule has 0 atom stereocenters. The maximum Gasteiger partial charge on any atom is 0.164 e. The van der Waals surface area contributed by atoms with Gasteiger partial charge >= 0.3 is 0 Å². The highest BCUT2D eigenvalue weighted by Crippen LogP contribution is 2.67. The minimum atomic E-state index is -0.558. The van der Waals surface area contributed by atoms with E-state index in [0.717, 1.165) is 111 Å². The lowest BCUT2D eigenvalue weighted by atomic mass is 9.66. The molecule has 22 aromatic rings. The number of rotatable bonds is 10. The van der Waals surface area contributed by atoms with Gasteiger partial charge in [0.25, 0.3) is 0 Å². The molecule has 7 nitrogen and oxygen atoms in total. The van der Waals surface area contributed by atoms with Crippen molar-refractivity contribution in [2.75, 3.05) is 0 Å². The Bertz CT molecular complexity index is 7530. The topological polar surface area (TPSA) is 90.2 Å². The van der Waals surface area contributed by atoms with Crippen molar-refractivity contribution >= 4 is 66.9 Å². The lowest BCUT2D eigenvalue weighted by molar-refractivity contribution is 0.725. The first-order valence-corrected chi connectivity index (χ1v) is 45.0. The summed E-state index contributed by atoms with van der Waals surface area (Å²) >= 11 is 3.77. The van der Waals surface area contributed by atoms with E-state index >= 15 is 0 Å². The minimum absolute atomic E-state index is 0.548. The molecule has 0 fully saturated rings. The SMILES string of the molecule is c1ccc(-c2cc(-c3ccc(-c4cccc5c4Sc4cc6c(-c7ccccc7)nc7ccccc7c6cc4C54c5ccccc5-c5ccccc54)cc3)nc(-c3ccccc3)n2)cc1.c1ccc(-c2nc(-c3ccccc3)nc(-c3ccc(-c4cccc5c4Sc4cc6c(-c7ccccc7)nc7ccccc7c6cc4C54c5ccccc5-c5ccccc54)cc3)n2)cc1. The molecule has 26 rings (SSSR count). The quantitative estimate of drug-likeness (QED) is 0.124. The van der Waals surface area contributed by atoms with Gasteiger partial charge in [-0.2, -0.15) is 0 Å². The summed E-state index contributed by atoms with van der Waals surface area (Å²) in [5.74, 6) is 2.64. The predicted molar refractivity (Wildman–Crippen MR) is 525 cm³/mol. The molecule has 18 aromatic carbocycles. The molecular weight excluding hydrogens is 1590 g/mol. The normalized spacial score (nSPS) is 13.1. The average molecular weight is 1670 g/mol. The smallest absolute Gasteiger partial charge is 0.164 e. The summed E-state index contributed by atoms with van der Waals surface area (Å²) in [7, 11) is 0. The van der Waals surface area contributed by atoms with Crippen molar-refractivity contribution in [1.29, 1.82) is 0 Å². The van der Waals surface area contributed by atoms with Crippen LogP contribution in [-0.2, 0) is 10.8 Å². The number of benzene rings is 18. The van der Waals surface area contributed by atoms with Crippen molar-refractivity contribution in [2.45, 2.75) is 30.4 Å². The Balaban J connectivity index is 0.000000139. The molecule has 9 heteroatoms. The van der Waals surface area contributed by atoms with Crippen LogP contribution in [0.5, 0.6) is 0 Å². The van der Waals surface area contributed by atoms with Gasteiger partial charge < -0.3 is 0 Å². The third-order valence-electron chi connectivity index (χ3n) is 26.1. The first-order chi connectivity index (χ1) is 63.4. The Kier molecular flexibility index (Phi) is 17.8. The van der Waals surface area contributed by atoms with Crippen LogP contribution >= 0.6 is 23.5 Å². The number of pyridine rings is 2. The predicted octanol–water partition coefficient (Wildman–Crippen LogP) is 30.1. The van der Waals surface area contributed by atoms with Crippen LogP contribution in [0.25, 0.3) is 178 Å². The zero-order valence-electron chi connectivity index (χ0n) is 69.1. The molecule has 4 aromatic heterocycles. The number of fused-ring (bicyclic) bond motifs is 24. The standard InChI is InChI=1S/C60H37N3S.C59H36N4S/c1-4-17-39(18-5-1)54-37-55(63-59(62-54)42-21-8-3-9-22-42)40-33-31-38(32-34-40)43-26-16-29-51-58(43)64-56-36-48-47(46-25-12-15-30-53(46)61-57(48)41-19-6-2-7-20-41)35-52(56)60(51)49-27-13-10-23-44(49)45-24-11-14-28-50(45)60;1-4-17-38(18-5-1)54-47-36-53-51(35-46(47)45-25-12-15-30-52(45)60-54)59(48-27-13-10-23-43(48)44-24-11-14-28-49(44)59)50-29-16-26-42(55(50)64-53)37-31-33-41(34-32-37)58-62-56(39-19-6-2-7-20-39)61-57(63-58)40-21-8-3-9-22-40/h1-37H;1-36H. The monoisotopic (exact) mass is 1660 g/mol. The summed E-state index contributed by atoms with van der Waals surface area (Å²) in [5.41, 5.74) is 33.1. The zero-order valence-corrected chi connectivity index (χ0v) is 70.7.